The third-order valence-corrected chi connectivity index (χ3v) is 4.74. The summed E-state index contributed by atoms with van der Waals surface area (Å²) >= 11 is 0. The summed E-state index contributed by atoms with van der Waals surface area (Å²) < 4.78 is 7.23. The summed E-state index contributed by atoms with van der Waals surface area (Å²) in [5, 5.41) is 0. The van der Waals surface area contributed by atoms with E-state index >= 15 is 0 Å². The van der Waals surface area contributed by atoms with Crippen LogP contribution in [-0.2, 0) is 15.1 Å². The van der Waals surface area contributed by atoms with Gasteiger partial charge in [-0.15, -0.1) is 0 Å². The lowest BCUT2D eigenvalue weighted by molar-refractivity contribution is -0.217. The molecule has 4 nitrogen and oxygen atoms in total. The Hall–Kier alpha value is -1.32. The number of esters is 1. The Bertz CT molecular complexity index is 481. The lowest BCUT2D eigenvalue weighted by Gasteiger charge is -2.69. The molecule has 90 valence electrons. The summed E-state index contributed by atoms with van der Waals surface area (Å²) in [5.41, 5.74) is 0.0441. The van der Waals surface area contributed by atoms with Crippen LogP contribution >= 0.6 is 0 Å². The Labute approximate surface area is 100.0 Å². The molecule has 1 aromatic rings. The summed E-state index contributed by atoms with van der Waals surface area (Å²) in [5.74, 6) is 1.89. The first-order chi connectivity index (χ1) is 8.19. The van der Waals surface area contributed by atoms with Gasteiger partial charge in [0.1, 0.15) is 5.82 Å². The third kappa shape index (κ3) is 1.04. The first-order valence-corrected chi connectivity index (χ1v) is 6.31. The molecular weight excluding hydrogens is 216 g/mol. The van der Waals surface area contributed by atoms with Crippen LogP contribution in [0.4, 0.5) is 0 Å². The van der Waals surface area contributed by atoms with Crippen molar-refractivity contribution in [3.8, 4) is 0 Å². The Kier molecular flexibility index (Phi) is 1.56. The Morgan fingerprint density at radius 2 is 2.18 bits per heavy atom. The Balaban J connectivity index is 1.59. The molecule has 0 N–H and O–H groups in total. The average molecular weight is 232 g/mol. The van der Waals surface area contributed by atoms with Crippen LogP contribution in [-0.4, -0.2) is 22.6 Å². The molecule has 0 aromatic carbocycles. The standard InChI is InChI=1S/C13H16N2O2/c1-17-11(16)12-6-13(7-12,8-12)15-5-4-14-10(15)9-2-3-9/h4-5,9H,2-3,6-8H2,1H3. The summed E-state index contributed by atoms with van der Waals surface area (Å²) in [4.78, 5) is 16.1. The van der Waals surface area contributed by atoms with Gasteiger partial charge in [-0.2, -0.15) is 0 Å². The molecule has 1 aromatic heterocycles. The van der Waals surface area contributed by atoms with Crippen molar-refractivity contribution in [3.63, 3.8) is 0 Å². The van der Waals surface area contributed by atoms with Crippen LogP contribution in [0.15, 0.2) is 12.4 Å². The monoisotopic (exact) mass is 232 g/mol. The summed E-state index contributed by atoms with van der Waals surface area (Å²) in [7, 11) is 1.49. The minimum atomic E-state index is -0.153. The zero-order valence-electron chi connectivity index (χ0n) is 9.98. The number of ether oxygens (including phenoxy) is 1. The fourth-order valence-electron chi connectivity index (χ4n) is 3.78. The van der Waals surface area contributed by atoms with Crippen molar-refractivity contribution < 1.29 is 9.53 Å². The number of aromatic nitrogens is 2. The predicted molar refractivity (Wildman–Crippen MR) is 60.5 cm³/mol. The van der Waals surface area contributed by atoms with Crippen molar-refractivity contribution in [2.24, 2.45) is 5.41 Å². The summed E-state index contributed by atoms with van der Waals surface area (Å²) in [6.45, 7) is 0. The lowest BCUT2D eigenvalue weighted by atomic mass is 9.39. The number of nitrogens with zero attached hydrogens (tertiary/aromatic N) is 2. The number of hydrogen-bond acceptors (Lipinski definition) is 3. The second-order valence-electron chi connectivity index (χ2n) is 5.96. The van der Waals surface area contributed by atoms with Gasteiger partial charge in [-0.05, 0) is 32.1 Å². The van der Waals surface area contributed by atoms with Crippen LogP contribution < -0.4 is 0 Å². The highest BCUT2D eigenvalue weighted by atomic mass is 16.5. The zero-order chi connectivity index (χ0) is 11.7. The van der Waals surface area contributed by atoms with Crippen molar-refractivity contribution in [3.05, 3.63) is 18.2 Å². The second-order valence-corrected chi connectivity index (χ2v) is 5.96. The van der Waals surface area contributed by atoms with E-state index in [1.165, 1.54) is 25.8 Å². The molecule has 5 rings (SSSR count). The normalized spacial score (nSPS) is 38.2. The molecule has 4 aliphatic carbocycles. The number of hydrogen-bond donors (Lipinski definition) is 0. The number of rotatable bonds is 3. The van der Waals surface area contributed by atoms with Crippen LogP contribution in [0.1, 0.15) is 43.8 Å². The van der Waals surface area contributed by atoms with E-state index < -0.39 is 0 Å². The van der Waals surface area contributed by atoms with Gasteiger partial charge in [0, 0.05) is 23.9 Å². The molecule has 1 heterocycles. The lowest BCUT2D eigenvalue weighted by Crippen LogP contribution is -2.71. The molecule has 0 amide bonds. The fourth-order valence-corrected chi connectivity index (χ4v) is 3.78. The van der Waals surface area contributed by atoms with Gasteiger partial charge in [0.2, 0.25) is 0 Å². The molecule has 0 unspecified atom stereocenters. The predicted octanol–water partition coefficient (Wildman–Crippen LogP) is 1.81. The molecule has 4 heteroatoms. The van der Waals surface area contributed by atoms with Gasteiger partial charge < -0.3 is 9.30 Å². The van der Waals surface area contributed by atoms with E-state index in [9.17, 15) is 4.79 Å². The highest BCUT2D eigenvalue weighted by Gasteiger charge is 2.73. The van der Waals surface area contributed by atoms with Gasteiger partial charge in [-0.3, -0.25) is 4.79 Å². The minimum absolute atomic E-state index is 0.0209. The molecule has 2 bridgehead atoms. The van der Waals surface area contributed by atoms with Crippen molar-refractivity contribution in [1.82, 2.24) is 9.55 Å². The Morgan fingerprint density at radius 1 is 1.47 bits per heavy atom. The third-order valence-electron chi connectivity index (χ3n) is 4.74. The van der Waals surface area contributed by atoms with Gasteiger partial charge in [-0.1, -0.05) is 0 Å². The molecule has 0 aliphatic heterocycles. The topological polar surface area (TPSA) is 44.1 Å². The summed E-state index contributed by atoms with van der Waals surface area (Å²) in [6, 6.07) is 0. The molecule has 4 saturated carbocycles. The number of imidazole rings is 1. The molecule has 0 saturated heterocycles. The van der Waals surface area contributed by atoms with E-state index in [1.54, 1.807) is 0 Å². The average Bonchev–Trinajstić information content (AvgIpc) is 2.95. The van der Waals surface area contributed by atoms with Crippen LogP contribution in [0, 0.1) is 5.41 Å². The van der Waals surface area contributed by atoms with E-state index in [-0.39, 0.29) is 16.9 Å². The zero-order valence-corrected chi connectivity index (χ0v) is 9.98. The molecule has 0 radical (unpaired) electrons. The fraction of sp³-hybridized carbons (Fsp3) is 0.692. The highest BCUT2D eigenvalue weighted by Crippen LogP contribution is 2.72. The van der Waals surface area contributed by atoms with Crippen LogP contribution in [0.2, 0.25) is 0 Å². The maximum Gasteiger partial charge on any atom is 0.312 e. The van der Waals surface area contributed by atoms with Crippen molar-refractivity contribution in [2.45, 2.75) is 43.6 Å². The molecule has 0 atom stereocenters. The second kappa shape index (κ2) is 2.74. The molecular formula is C13H16N2O2. The largest absolute Gasteiger partial charge is 0.469 e. The quantitative estimate of drug-likeness (QED) is 0.746. The number of carbonyl (C=O) groups excluding carboxylic acids is 1. The van der Waals surface area contributed by atoms with Crippen LogP contribution in [0.25, 0.3) is 0 Å². The van der Waals surface area contributed by atoms with Gasteiger partial charge in [0.05, 0.1) is 12.5 Å². The van der Waals surface area contributed by atoms with E-state index in [1.807, 2.05) is 6.20 Å². The minimum Gasteiger partial charge on any atom is -0.469 e. The molecule has 4 aliphatic rings. The van der Waals surface area contributed by atoms with E-state index in [4.69, 9.17) is 4.74 Å². The highest BCUT2D eigenvalue weighted by molar-refractivity contribution is 5.81. The smallest absolute Gasteiger partial charge is 0.312 e. The van der Waals surface area contributed by atoms with Gasteiger partial charge >= 0.3 is 5.97 Å². The molecule has 17 heavy (non-hydrogen) atoms. The van der Waals surface area contributed by atoms with Gasteiger partial charge in [-0.25, -0.2) is 4.98 Å². The maximum atomic E-state index is 11.6. The van der Waals surface area contributed by atoms with Crippen LogP contribution in [0.3, 0.4) is 0 Å². The van der Waals surface area contributed by atoms with Crippen molar-refractivity contribution in [2.75, 3.05) is 7.11 Å². The maximum absolute atomic E-state index is 11.6. The van der Waals surface area contributed by atoms with Crippen LogP contribution in [0.5, 0.6) is 0 Å². The van der Waals surface area contributed by atoms with E-state index in [2.05, 4.69) is 15.7 Å². The van der Waals surface area contributed by atoms with Crippen molar-refractivity contribution >= 4 is 5.97 Å². The molecule has 0 spiro atoms. The number of methoxy groups -OCH3 is 1. The van der Waals surface area contributed by atoms with Crippen molar-refractivity contribution in [1.29, 1.82) is 0 Å². The SMILES string of the molecule is COC(=O)C12CC(n3ccnc3C3CC3)(C1)C2. The Morgan fingerprint density at radius 3 is 2.76 bits per heavy atom. The van der Waals surface area contributed by atoms with Gasteiger partial charge in [0.25, 0.3) is 0 Å². The van der Waals surface area contributed by atoms with Gasteiger partial charge in [0.15, 0.2) is 0 Å². The molecule has 4 fully saturated rings. The van der Waals surface area contributed by atoms with E-state index in [0.717, 1.165) is 19.3 Å². The van der Waals surface area contributed by atoms with E-state index in [0.29, 0.717) is 5.92 Å². The number of carbonyl (C=O) groups is 1. The first-order valence-electron chi connectivity index (χ1n) is 6.31. The summed E-state index contributed by atoms with van der Waals surface area (Å²) in [6.07, 6.45) is 9.38. The first kappa shape index (κ1) is 9.68.